The quantitative estimate of drug-likeness (QED) is 0.727. The molecule has 0 aromatic heterocycles. The SMILES string of the molecule is COc1ccc2c(c1)CCc1c-2ccc(C)c1C. The Kier molecular flexibility index (Phi) is 2.62. The van der Waals surface area contributed by atoms with Crippen molar-refractivity contribution in [3.63, 3.8) is 0 Å². The van der Waals surface area contributed by atoms with Gasteiger partial charge in [-0.25, -0.2) is 0 Å². The summed E-state index contributed by atoms with van der Waals surface area (Å²) in [6.07, 6.45) is 2.26. The minimum absolute atomic E-state index is 0.959. The van der Waals surface area contributed by atoms with E-state index in [1.807, 2.05) is 0 Å². The van der Waals surface area contributed by atoms with Gasteiger partial charge in [-0.1, -0.05) is 18.2 Å². The van der Waals surface area contributed by atoms with Crippen LogP contribution in [0, 0.1) is 13.8 Å². The van der Waals surface area contributed by atoms with Crippen molar-refractivity contribution in [2.75, 3.05) is 7.11 Å². The minimum atomic E-state index is 0.959. The van der Waals surface area contributed by atoms with Crippen molar-refractivity contribution in [3.8, 4) is 16.9 Å². The largest absolute Gasteiger partial charge is 0.497 e. The Morgan fingerprint density at radius 2 is 1.72 bits per heavy atom. The van der Waals surface area contributed by atoms with Crippen LogP contribution in [-0.4, -0.2) is 7.11 Å². The fraction of sp³-hybridized carbons (Fsp3) is 0.294. The molecule has 0 heterocycles. The first-order valence-electron chi connectivity index (χ1n) is 6.47. The lowest BCUT2D eigenvalue weighted by atomic mass is 9.82. The van der Waals surface area contributed by atoms with Gasteiger partial charge in [0, 0.05) is 0 Å². The molecule has 1 heteroatoms. The molecule has 0 aliphatic heterocycles. The van der Waals surface area contributed by atoms with Gasteiger partial charge in [-0.15, -0.1) is 0 Å². The molecule has 3 rings (SSSR count). The third kappa shape index (κ3) is 1.62. The van der Waals surface area contributed by atoms with Gasteiger partial charge in [0.1, 0.15) is 5.75 Å². The normalized spacial score (nSPS) is 12.8. The van der Waals surface area contributed by atoms with Crippen molar-refractivity contribution in [1.29, 1.82) is 0 Å². The topological polar surface area (TPSA) is 9.23 Å². The summed E-state index contributed by atoms with van der Waals surface area (Å²) in [6, 6.07) is 10.9. The van der Waals surface area contributed by atoms with E-state index in [1.165, 1.54) is 33.4 Å². The highest BCUT2D eigenvalue weighted by Gasteiger charge is 2.18. The summed E-state index contributed by atoms with van der Waals surface area (Å²) in [7, 11) is 1.73. The molecule has 0 amide bonds. The maximum atomic E-state index is 5.31. The number of hydrogen-bond donors (Lipinski definition) is 0. The second-order valence-corrected chi connectivity index (χ2v) is 5.06. The van der Waals surface area contributed by atoms with Crippen LogP contribution in [0.1, 0.15) is 22.3 Å². The molecule has 1 aliphatic rings. The maximum absolute atomic E-state index is 5.31. The number of fused-ring (bicyclic) bond motifs is 3. The van der Waals surface area contributed by atoms with Gasteiger partial charge in [-0.05, 0) is 72.2 Å². The van der Waals surface area contributed by atoms with Gasteiger partial charge >= 0.3 is 0 Å². The van der Waals surface area contributed by atoms with Crippen LogP contribution < -0.4 is 4.74 Å². The number of hydrogen-bond acceptors (Lipinski definition) is 1. The lowest BCUT2D eigenvalue weighted by molar-refractivity contribution is 0.414. The first-order chi connectivity index (χ1) is 8.70. The molecule has 0 saturated carbocycles. The predicted molar refractivity (Wildman–Crippen MR) is 75.3 cm³/mol. The highest BCUT2D eigenvalue weighted by Crippen LogP contribution is 2.37. The first-order valence-corrected chi connectivity index (χ1v) is 6.47. The smallest absolute Gasteiger partial charge is 0.119 e. The van der Waals surface area contributed by atoms with E-state index in [1.54, 1.807) is 7.11 Å². The molecule has 0 bridgehead atoms. The summed E-state index contributed by atoms with van der Waals surface area (Å²) >= 11 is 0. The molecule has 2 aromatic carbocycles. The standard InChI is InChI=1S/C17H18O/c1-11-4-7-17-15(12(11)2)8-5-13-10-14(18-3)6-9-16(13)17/h4,6-7,9-10H,5,8H2,1-3H3. The highest BCUT2D eigenvalue weighted by molar-refractivity contribution is 5.75. The molecule has 0 atom stereocenters. The zero-order valence-electron chi connectivity index (χ0n) is 11.2. The molecule has 0 unspecified atom stereocenters. The average Bonchev–Trinajstić information content (AvgIpc) is 2.41. The minimum Gasteiger partial charge on any atom is -0.497 e. The molecule has 92 valence electrons. The van der Waals surface area contributed by atoms with Crippen LogP contribution in [0.25, 0.3) is 11.1 Å². The van der Waals surface area contributed by atoms with Crippen LogP contribution in [0.4, 0.5) is 0 Å². The predicted octanol–water partition coefficient (Wildman–Crippen LogP) is 4.08. The van der Waals surface area contributed by atoms with Crippen LogP contribution >= 0.6 is 0 Å². The second kappa shape index (κ2) is 4.16. The van der Waals surface area contributed by atoms with Crippen molar-refractivity contribution in [3.05, 3.63) is 52.6 Å². The lowest BCUT2D eigenvalue weighted by Gasteiger charge is -2.23. The van der Waals surface area contributed by atoms with Crippen LogP contribution in [0.5, 0.6) is 5.75 Å². The van der Waals surface area contributed by atoms with Crippen LogP contribution in [0.2, 0.25) is 0 Å². The third-order valence-corrected chi connectivity index (χ3v) is 4.12. The zero-order chi connectivity index (χ0) is 12.7. The molecule has 0 fully saturated rings. The number of aryl methyl sites for hydroxylation is 2. The van der Waals surface area contributed by atoms with E-state index < -0.39 is 0 Å². The van der Waals surface area contributed by atoms with Crippen molar-refractivity contribution >= 4 is 0 Å². The maximum Gasteiger partial charge on any atom is 0.119 e. The van der Waals surface area contributed by atoms with Gasteiger partial charge in [0.25, 0.3) is 0 Å². The Hall–Kier alpha value is -1.76. The Balaban J connectivity index is 2.21. The van der Waals surface area contributed by atoms with Gasteiger partial charge in [0.2, 0.25) is 0 Å². The zero-order valence-corrected chi connectivity index (χ0v) is 11.2. The summed E-state index contributed by atoms with van der Waals surface area (Å²) in [5.41, 5.74) is 8.56. The number of methoxy groups -OCH3 is 1. The van der Waals surface area contributed by atoms with Gasteiger partial charge in [0.05, 0.1) is 7.11 Å². The van der Waals surface area contributed by atoms with Gasteiger partial charge in [-0.3, -0.25) is 0 Å². The molecule has 0 radical (unpaired) electrons. The Bertz CT molecular complexity index is 611. The van der Waals surface area contributed by atoms with Gasteiger partial charge in [-0.2, -0.15) is 0 Å². The second-order valence-electron chi connectivity index (χ2n) is 5.06. The highest BCUT2D eigenvalue weighted by atomic mass is 16.5. The van der Waals surface area contributed by atoms with Gasteiger partial charge in [0.15, 0.2) is 0 Å². The molecule has 1 nitrogen and oxygen atoms in total. The van der Waals surface area contributed by atoms with Crippen molar-refractivity contribution in [1.82, 2.24) is 0 Å². The van der Waals surface area contributed by atoms with E-state index in [2.05, 4.69) is 44.2 Å². The Morgan fingerprint density at radius 3 is 2.50 bits per heavy atom. The summed E-state index contributed by atoms with van der Waals surface area (Å²) in [4.78, 5) is 0. The molecule has 0 N–H and O–H groups in total. The Morgan fingerprint density at radius 1 is 0.944 bits per heavy atom. The molecular formula is C17H18O. The van der Waals surface area contributed by atoms with Crippen LogP contribution in [0.15, 0.2) is 30.3 Å². The average molecular weight is 238 g/mol. The summed E-state index contributed by atoms with van der Waals surface area (Å²) in [5.74, 6) is 0.959. The summed E-state index contributed by atoms with van der Waals surface area (Å²) in [6.45, 7) is 4.43. The molecule has 0 spiro atoms. The lowest BCUT2D eigenvalue weighted by Crippen LogP contribution is -2.07. The fourth-order valence-corrected chi connectivity index (χ4v) is 2.87. The van der Waals surface area contributed by atoms with Crippen LogP contribution in [0.3, 0.4) is 0 Å². The first kappa shape index (κ1) is 11.3. The van der Waals surface area contributed by atoms with Crippen molar-refractivity contribution < 1.29 is 4.74 Å². The van der Waals surface area contributed by atoms with E-state index in [9.17, 15) is 0 Å². The monoisotopic (exact) mass is 238 g/mol. The van der Waals surface area contributed by atoms with E-state index in [0.29, 0.717) is 0 Å². The number of ether oxygens (including phenoxy) is 1. The van der Waals surface area contributed by atoms with E-state index >= 15 is 0 Å². The Labute approximate surface area is 108 Å². The summed E-state index contributed by atoms with van der Waals surface area (Å²) in [5, 5.41) is 0. The number of benzene rings is 2. The fourth-order valence-electron chi connectivity index (χ4n) is 2.87. The van der Waals surface area contributed by atoms with Crippen molar-refractivity contribution in [2.45, 2.75) is 26.7 Å². The molecule has 1 aliphatic carbocycles. The third-order valence-electron chi connectivity index (χ3n) is 4.12. The molecule has 0 saturated heterocycles. The van der Waals surface area contributed by atoms with E-state index in [4.69, 9.17) is 4.74 Å². The van der Waals surface area contributed by atoms with Gasteiger partial charge < -0.3 is 4.74 Å². The molecule has 18 heavy (non-hydrogen) atoms. The van der Waals surface area contributed by atoms with Crippen molar-refractivity contribution in [2.24, 2.45) is 0 Å². The van der Waals surface area contributed by atoms with Crippen LogP contribution in [-0.2, 0) is 12.8 Å². The van der Waals surface area contributed by atoms with E-state index in [-0.39, 0.29) is 0 Å². The number of rotatable bonds is 1. The summed E-state index contributed by atoms with van der Waals surface area (Å²) < 4.78 is 5.31. The molecule has 2 aromatic rings. The van der Waals surface area contributed by atoms with E-state index in [0.717, 1.165) is 18.6 Å². The molecular weight excluding hydrogens is 220 g/mol.